The van der Waals surface area contributed by atoms with E-state index < -0.39 is 10.8 Å². The average Bonchev–Trinajstić information content (AvgIpc) is 2.28. The molecule has 0 heterocycles. The minimum absolute atomic E-state index is 0.0124. The summed E-state index contributed by atoms with van der Waals surface area (Å²) in [5.74, 6) is 0.350. The van der Waals surface area contributed by atoms with Gasteiger partial charge in [0, 0.05) is 17.1 Å². The maximum absolute atomic E-state index is 11.9. The first-order valence-electron chi connectivity index (χ1n) is 5.99. The molecule has 0 aliphatic carbocycles. The van der Waals surface area contributed by atoms with E-state index in [2.05, 4.69) is 19.2 Å². The molecule has 0 fully saturated rings. The standard InChI is InChI=1S/C13H20N2O2S/c1-10(2)6-7-15-13(16)9-18(17)12-5-3-4-11(14)8-12/h3-5,8,10H,6-7,9,14H2,1-2H3,(H,15,16). The Morgan fingerprint density at radius 3 is 2.78 bits per heavy atom. The van der Waals surface area contributed by atoms with Gasteiger partial charge in [-0.2, -0.15) is 0 Å². The van der Waals surface area contributed by atoms with Crippen LogP contribution < -0.4 is 11.1 Å². The monoisotopic (exact) mass is 268 g/mol. The highest BCUT2D eigenvalue weighted by atomic mass is 32.2. The van der Waals surface area contributed by atoms with Crippen molar-refractivity contribution in [1.82, 2.24) is 5.32 Å². The Morgan fingerprint density at radius 1 is 1.44 bits per heavy atom. The molecule has 0 spiro atoms. The third-order valence-electron chi connectivity index (χ3n) is 2.43. The third-order valence-corrected chi connectivity index (χ3v) is 3.73. The van der Waals surface area contributed by atoms with E-state index in [1.807, 2.05) is 0 Å². The molecule has 18 heavy (non-hydrogen) atoms. The summed E-state index contributed by atoms with van der Waals surface area (Å²) in [4.78, 5) is 12.1. The molecule has 1 amide bonds. The molecule has 0 aliphatic rings. The molecule has 0 aliphatic heterocycles. The topological polar surface area (TPSA) is 72.2 Å². The van der Waals surface area contributed by atoms with Crippen molar-refractivity contribution in [3.8, 4) is 0 Å². The molecule has 0 saturated heterocycles. The smallest absolute Gasteiger partial charge is 0.232 e. The molecule has 3 N–H and O–H groups in total. The van der Waals surface area contributed by atoms with E-state index in [0.29, 0.717) is 23.0 Å². The van der Waals surface area contributed by atoms with Crippen molar-refractivity contribution >= 4 is 22.4 Å². The number of anilines is 1. The number of nitrogen functional groups attached to an aromatic ring is 1. The van der Waals surface area contributed by atoms with E-state index >= 15 is 0 Å². The van der Waals surface area contributed by atoms with Crippen LogP contribution in [0.5, 0.6) is 0 Å². The lowest BCUT2D eigenvalue weighted by atomic mass is 10.1. The Bertz CT molecular complexity index is 433. The van der Waals surface area contributed by atoms with Gasteiger partial charge in [-0.25, -0.2) is 0 Å². The molecule has 0 saturated carbocycles. The molecular weight excluding hydrogens is 248 g/mol. The molecule has 1 aromatic rings. The second-order valence-corrected chi connectivity index (χ2v) is 6.05. The first kappa shape index (κ1) is 14.7. The number of nitrogens with two attached hydrogens (primary N) is 1. The maximum Gasteiger partial charge on any atom is 0.232 e. The van der Waals surface area contributed by atoms with E-state index in [1.165, 1.54) is 0 Å². The first-order chi connectivity index (χ1) is 8.49. The zero-order valence-corrected chi connectivity index (χ0v) is 11.6. The molecule has 0 bridgehead atoms. The maximum atomic E-state index is 11.9. The van der Waals surface area contributed by atoms with E-state index in [4.69, 9.17) is 5.73 Å². The lowest BCUT2D eigenvalue weighted by Crippen LogP contribution is -2.29. The summed E-state index contributed by atoms with van der Waals surface area (Å²) in [6.07, 6.45) is 0.927. The number of nitrogens with one attached hydrogen (secondary N) is 1. The van der Waals surface area contributed by atoms with Crippen molar-refractivity contribution in [2.45, 2.75) is 25.2 Å². The Hall–Kier alpha value is -1.36. The number of carbonyl (C=O) groups excluding carboxylic acids is 1. The van der Waals surface area contributed by atoms with Gasteiger partial charge < -0.3 is 11.1 Å². The van der Waals surface area contributed by atoms with Crippen LogP contribution in [0.1, 0.15) is 20.3 Å². The van der Waals surface area contributed by atoms with Crippen LogP contribution in [0.2, 0.25) is 0 Å². The van der Waals surface area contributed by atoms with E-state index in [1.54, 1.807) is 24.3 Å². The molecule has 1 rings (SSSR count). The van der Waals surface area contributed by atoms with Gasteiger partial charge in [-0.05, 0) is 30.5 Å². The van der Waals surface area contributed by atoms with Gasteiger partial charge in [-0.15, -0.1) is 0 Å². The van der Waals surface area contributed by atoms with Gasteiger partial charge in [0.1, 0.15) is 5.75 Å². The van der Waals surface area contributed by atoms with Crippen molar-refractivity contribution < 1.29 is 9.00 Å². The third kappa shape index (κ3) is 5.31. The summed E-state index contributed by atoms with van der Waals surface area (Å²) in [6, 6.07) is 6.81. The summed E-state index contributed by atoms with van der Waals surface area (Å²) < 4.78 is 11.9. The highest BCUT2D eigenvalue weighted by Gasteiger charge is 2.10. The Balaban J connectivity index is 2.42. The minimum Gasteiger partial charge on any atom is -0.399 e. The number of benzene rings is 1. The summed E-state index contributed by atoms with van der Waals surface area (Å²) in [5, 5.41) is 2.77. The Labute approximate surface area is 110 Å². The Kier molecular flexibility index (Phi) is 5.85. The van der Waals surface area contributed by atoms with Gasteiger partial charge in [-0.3, -0.25) is 9.00 Å². The molecule has 0 aromatic heterocycles. The number of hydrogen-bond donors (Lipinski definition) is 2. The summed E-state index contributed by atoms with van der Waals surface area (Å²) in [6.45, 7) is 4.82. The summed E-state index contributed by atoms with van der Waals surface area (Å²) >= 11 is 0. The second-order valence-electron chi connectivity index (χ2n) is 4.59. The van der Waals surface area contributed by atoms with Crippen molar-refractivity contribution in [3.63, 3.8) is 0 Å². The quantitative estimate of drug-likeness (QED) is 0.769. The summed E-state index contributed by atoms with van der Waals surface area (Å²) in [5.41, 5.74) is 6.16. The number of hydrogen-bond acceptors (Lipinski definition) is 3. The molecule has 100 valence electrons. The van der Waals surface area contributed by atoms with Crippen molar-refractivity contribution in [2.75, 3.05) is 18.0 Å². The van der Waals surface area contributed by atoms with E-state index in [9.17, 15) is 9.00 Å². The minimum atomic E-state index is -1.33. The zero-order chi connectivity index (χ0) is 13.5. The van der Waals surface area contributed by atoms with Gasteiger partial charge >= 0.3 is 0 Å². The fourth-order valence-corrected chi connectivity index (χ4v) is 2.41. The SMILES string of the molecule is CC(C)CCNC(=O)CS(=O)c1cccc(N)c1. The lowest BCUT2D eigenvalue weighted by Gasteiger charge is -2.07. The molecule has 1 aromatic carbocycles. The van der Waals surface area contributed by atoms with E-state index in [-0.39, 0.29) is 11.7 Å². The van der Waals surface area contributed by atoms with Crippen LogP contribution in [-0.4, -0.2) is 22.4 Å². The highest BCUT2D eigenvalue weighted by Crippen LogP contribution is 2.11. The molecule has 5 heteroatoms. The van der Waals surface area contributed by atoms with Gasteiger partial charge in [0.25, 0.3) is 0 Å². The zero-order valence-electron chi connectivity index (χ0n) is 10.8. The van der Waals surface area contributed by atoms with Crippen LogP contribution in [-0.2, 0) is 15.6 Å². The fraction of sp³-hybridized carbons (Fsp3) is 0.462. The van der Waals surface area contributed by atoms with E-state index in [0.717, 1.165) is 6.42 Å². The Morgan fingerprint density at radius 2 is 2.17 bits per heavy atom. The second kappa shape index (κ2) is 7.16. The van der Waals surface area contributed by atoms with Crippen LogP contribution in [0.4, 0.5) is 5.69 Å². The predicted octanol–water partition coefficient (Wildman–Crippen LogP) is 1.54. The van der Waals surface area contributed by atoms with Gasteiger partial charge in [-0.1, -0.05) is 19.9 Å². The summed E-state index contributed by atoms with van der Waals surface area (Å²) in [7, 11) is -1.33. The van der Waals surface area contributed by atoms with Crippen LogP contribution >= 0.6 is 0 Å². The van der Waals surface area contributed by atoms with Crippen LogP contribution in [0.15, 0.2) is 29.2 Å². The fourth-order valence-electron chi connectivity index (χ4n) is 1.41. The molecule has 1 atom stereocenters. The van der Waals surface area contributed by atoms with Crippen molar-refractivity contribution in [3.05, 3.63) is 24.3 Å². The van der Waals surface area contributed by atoms with Crippen LogP contribution in [0, 0.1) is 5.92 Å². The van der Waals surface area contributed by atoms with Crippen molar-refractivity contribution in [2.24, 2.45) is 5.92 Å². The van der Waals surface area contributed by atoms with Gasteiger partial charge in [0.2, 0.25) is 5.91 Å². The van der Waals surface area contributed by atoms with Gasteiger partial charge in [0.05, 0.1) is 10.8 Å². The highest BCUT2D eigenvalue weighted by molar-refractivity contribution is 7.85. The van der Waals surface area contributed by atoms with Crippen molar-refractivity contribution in [1.29, 1.82) is 0 Å². The van der Waals surface area contributed by atoms with Gasteiger partial charge in [0.15, 0.2) is 0 Å². The largest absolute Gasteiger partial charge is 0.399 e. The molecular formula is C13H20N2O2S. The van der Waals surface area contributed by atoms with Crippen LogP contribution in [0.25, 0.3) is 0 Å². The first-order valence-corrected chi connectivity index (χ1v) is 7.31. The van der Waals surface area contributed by atoms with Crippen LogP contribution in [0.3, 0.4) is 0 Å². The predicted molar refractivity (Wildman–Crippen MR) is 74.6 cm³/mol. The average molecular weight is 268 g/mol. The molecule has 0 radical (unpaired) electrons. The number of amides is 1. The lowest BCUT2D eigenvalue weighted by molar-refractivity contribution is -0.118. The molecule has 1 unspecified atom stereocenters. The molecule has 4 nitrogen and oxygen atoms in total. The number of rotatable bonds is 6. The number of carbonyl (C=O) groups is 1. The normalized spacial score (nSPS) is 12.4.